The highest BCUT2D eigenvalue weighted by atomic mass is 127. The van der Waals surface area contributed by atoms with Crippen LogP contribution in [0.1, 0.15) is 52.9 Å². The number of guanidine groups is 1. The maximum Gasteiger partial charge on any atom is 0.191 e. The number of hydrogen-bond donors (Lipinski definition) is 2. The highest BCUT2D eigenvalue weighted by Gasteiger charge is 2.14. The van der Waals surface area contributed by atoms with Crippen LogP contribution in [0.4, 0.5) is 0 Å². The van der Waals surface area contributed by atoms with Crippen LogP contribution in [0.15, 0.2) is 4.99 Å². The minimum Gasteiger partial charge on any atom is -0.382 e. The molecule has 0 atom stereocenters. The Morgan fingerprint density at radius 2 is 1.88 bits per heavy atom. The predicted octanol–water partition coefficient (Wildman–Crippen LogP) is 3.10. The lowest BCUT2D eigenvalue weighted by atomic mass is 9.99. The number of rotatable bonds is 11. The highest BCUT2D eigenvalue weighted by molar-refractivity contribution is 14.0. The number of nitrogens with one attached hydrogen (secondary N) is 2. The molecule has 0 aromatic heterocycles. The summed E-state index contributed by atoms with van der Waals surface area (Å²) in [5.41, 5.74) is 0. The molecule has 2 N–H and O–H groups in total. The van der Waals surface area contributed by atoms with Gasteiger partial charge in [-0.1, -0.05) is 6.92 Å². The molecule has 1 saturated heterocycles. The van der Waals surface area contributed by atoms with E-state index in [1.807, 2.05) is 6.92 Å². The summed E-state index contributed by atoms with van der Waals surface area (Å²) in [6.45, 7) is 14.7. The second kappa shape index (κ2) is 16.4. The van der Waals surface area contributed by atoms with Gasteiger partial charge in [-0.3, -0.25) is 4.99 Å². The van der Waals surface area contributed by atoms with Gasteiger partial charge in [-0.05, 0) is 71.5 Å². The number of nitrogens with zero attached hydrogens (tertiary/aromatic N) is 2. The van der Waals surface area contributed by atoms with Gasteiger partial charge in [0.25, 0.3) is 0 Å². The average molecular weight is 454 g/mol. The van der Waals surface area contributed by atoms with Crippen molar-refractivity contribution >= 4 is 29.9 Å². The van der Waals surface area contributed by atoms with E-state index >= 15 is 0 Å². The van der Waals surface area contributed by atoms with Crippen LogP contribution in [0, 0.1) is 5.92 Å². The molecule has 0 bridgehead atoms. The fraction of sp³-hybridized carbons (Fsp3) is 0.944. The molecule has 0 saturated carbocycles. The third kappa shape index (κ3) is 12.3. The normalized spacial score (nSPS) is 16.7. The average Bonchev–Trinajstić information content (AvgIpc) is 2.56. The maximum absolute atomic E-state index is 5.35. The molecule has 0 aliphatic carbocycles. The van der Waals surface area contributed by atoms with E-state index in [0.29, 0.717) is 0 Å². The first-order valence-corrected chi connectivity index (χ1v) is 9.58. The minimum atomic E-state index is 0. The van der Waals surface area contributed by atoms with Gasteiger partial charge in [0.2, 0.25) is 0 Å². The van der Waals surface area contributed by atoms with E-state index in [4.69, 9.17) is 4.74 Å². The summed E-state index contributed by atoms with van der Waals surface area (Å²) in [6, 6.07) is 0. The van der Waals surface area contributed by atoms with Gasteiger partial charge in [0.1, 0.15) is 0 Å². The number of hydrogen-bond acceptors (Lipinski definition) is 3. The first-order chi connectivity index (χ1) is 11.3. The molecule has 0 unspecified atom stereocenters. The topological polar surface area (TPSA) is 48.9 Å². The zero-order chi connectivity index (χ0) is 16.8. The third-order valence-electron chi connectivity index (χ3n) is 4.33. The Bertz CT molecular complexity index is 307. The molecule has 1 aliphatic heterocycles. The summed E-state index contributed by atoms with van der Waals surface area (Å²) in [5, 5.41) is 6.73. The van der Waals surface area contributed by atoms with E-state index in [1.54, 1.807) is 0 Å². The van der Waals surface area contributed by atoms with Gasteiger partial charge in [-0.15, -0.1) is 24.0 Å². The van der Waals surface area contributed by atoms with Crippen LogP contribution < -0.4 is 10.6 Å². The molecule has 1 heterocycles. The van der Waals surface area contributed by atoms with E-state index in [-0.39, 0.29) is 24.0 Å². The van der Waals surface area contributed by atoms with Crippen LogP contribution in [0.3, 0.4) is 0 Å². The highest BCUT2D eigenvalue weighted by Crippen LogP contribution is 2.15. The Morgan fingerprint density at radius 3 is 2.54 bits per heavy atom. The summed E-state index contributed by atoms with van der Waals surface area (Å²) in [5.74, 6) is 1.87. The van der Waals surface area contributed by atoms with Crippen molar-refractivity contribution in [2.24, 2.45) is 10.9 Å². The molecule has 1 rings (SSSR count). The number of halogens is 1. The first-order valence-electron chi connectivity index (χ1n) is 9.58. The lowest BCUT2D eigenvalue weighted by Crippen LogP contribution is -2.38. The largest absolute Gasteiger partial charge is 0.382 e. The zero-order valence-electron chi connectivity index (χ0n) is 16.0. The Balaban J connectivity index is 0.00000529. The summed E-state index contributed by atoms with van der Waals surface area (Å²) in [7, 11) is 0. The van der Waals surface area contributed by atoms with E-state index in [1.165, 1.54) is 32.5 Å². The third-order valence-corrected chi connectivity index (χ3v) is 4.33. The van der Waals surface area contributed by atoms with Crippen LogP contribution in [-0.2, 0) is 4.74 Å². The second-order valence-electron chi connectivity index (χ2n) is 6.47. The number of aliphatic imine (C=N–C) groups is 1. The fourth-order valence-corrected chi connectivity index (χ4v) is 2.79. The van der Waals surface area contributed by atoms with E-state index < -0.39 is 0 Å². The van der Waals surface area contributed by atoms with Gasteiger partial charge < -0.3 is 20.3 Å². The molecule has 0 spiro atoms. The van der Waals surface area contributed by atoms with E-state index in [0.717, 1.165) is 64.0 Å². The zero-order valence-corrected chi connectivity index (χ0v) is 18.3. The molecule has 0 radical (unpaired) electrons. The molecule has 0 aromatic carbocycles. The van der Waals surface area contributed by atoms with Crippen molar-refractivity contribution < 1.29 is 4.74 Å². The fourth-order valence-electron chi connectivity index (χ4n) is 2.79. The molecule has 0 amide bonds. The van der Waals surface area contributed by atoms with Crippen molar-refractivity contribution in [3.05, 3.63) is 0 Å². The van der Waals surface area contributed by atoms with E-state index in [2.05, 4.69) is 34.4 Å². The lowest BCUT2D eigenvalue weighted by molar-refractivity contribution is 0.143. The molecular formula is C18H39IN4O. The Labute approximate surface area is 166 Å². The van der Waals surface area contributed by atoms with Crippen LogP contribution in [-0.4, -0.2) is 63.3 Å². The van der Waals surface area contributed by atoms with Crippen molar-refractivity contribution in [3.63, 3.8) is 0 Å². The second-order valence-corrected chi connectivity index (χ2v) is 6.47. The SMILES string of the molecule is CCNC(=NCCCN1CCC(C)CC1)NCCCCOCC.I. The summed E-state index contributed by atoms with van der Waals surface area (Å²) >= 11 is 0. The van der Waals surface area contributed by atoms with Crippen molar-refractivity contribution in [2.75, 3.05) is 52.5 Å². The molecule has 144 valence electrons. The number of likely N-dealkylation sites (tertiary alicyclic amines) is 1. The van der Waals surface area contributed by atoms with Crippen LogP contribution >= 0.6 is 24.0 Å². The molecule has 0 aromatic rings. The number of unbranched alkanes of at least 4 members (excludes halogenated alkanes) is 1. The first kappa shape index (κ1) is 23.9. The van der Waals surface area contributed by atoms with Gasteiger partial charge in [0, 0.05) is 32.8 Å². The predicted molar refractivity (Wildman–Crippen MR) is 115 cm³/mol. The van der Waals surface area contributed by atoms with Crippen LogP contribution in [0.25, 0.3) is 0 Å². The van der Waals surface area contributed by atoms with Gasteiger partial charge >= 0.3 is 0 Å². The van der Waals surface area contributed by atoms with Gasteiger partial charge in [0.15, 0.2) is 5.96 Å². The molecular weight excluding hydrogens is 415 g/mol. The molecule has 5 nitrogen and oxygen atoms in total. The maximum atomic E-state index is 5.35. The van der Waals surface area contributed by atoms with Crippen molar-refractivity contribution in [1.82, 2.24) is 15.5 Å². The van der Waals surface area contributed by atoms with Crippen molar-refractivity contribution in [1.29, 1.82) is 0 Å². The lowest BCUT2D eigenvalue weighted by Gasteiger charge is -2.29. The molecule has 1 fully saturated rings. The Morgan fingerprint density at radius 1 is 1.12 bits per heavy atom. The standard InChI is InChI=1S/C18H38N4O.HI/c1-4-19-18(20-11-6-7-16-23-5-2)21-12-8-13-22-14-9-17(3)10-15-22;/h17H,4-16H2,1-3H3,(H2,19,20,21);1H. The van der Waals surface area contributed by atoms with Crippen molar-refractivity contribution in [2.45, 2.75) is 52.9 Å². The molecule has 6 heteroatoms. The smallest absolute Gasteiger partial charge is 0.191 e. The summed E-state index contributed by atoms with van der Waals surface area (Å²) in [4.78, 5) is 7.27. The van der Waals surface area contributed by atoms with Gasteiger partial charge in [-0.2, -0.15) is 0 Å². The molecule has 1 aliphatic rings. The Kier molecular flexibility index (Phi) is 16.3. The number of piperidine rings is 1. The summed E-state index contributed by atoms with van der Waals surface area (Å²) in [6.07, 6.45) is 6.09. The quantitative estimate of drug-likeness (QED) is 0.218. The van der Waals surface area contributed by atoms with Crippen molar-refractivity contribution in [3.8, 4) is 0 Å². The minimum absolute atomic E-state index is 0. The molecule has 24 heavy (non-hydrogen) atoms. The van der Waals surface area contributed by atoms with Gasteiger partial charge in [-0.25, -0.2) is 0 Å². The van der Waals surface area contributed by atoms with E-state index in [9.17, 15) is 0 Å². The van der Waals surface area contributed by atoms with Gasteiger partial charge in [0.05, 0.1) is 0 Å². The van der Waals surface area contributed by atoms with Crippen LogP contribution in [0.5, 0.6) is 0 Å². The number of ether oxygens (including phenoxy) is 1. The Hall–Kier alpha value is -0.0800. The summed E-state index contributed by atoms with van der Waals surface area (Å²) < 4.78 is 5.35. The van der Waals surface area contributed by atoms with Crippen LogP contribution in [0.2, 0.25) is 0 Å². The monoisotopic (exact) mass is 454 g/mol.